The molecule has 1 aromatic carbocycles. The van der Waals surface area contributed by atoms with Gasteiger partial charge in [0, 0.05) is 13.1 Å². The number of hydrogen-bond donors (Lipinski definition) is 1. The van der Waals surface area contributed by atoms with E-state index in [0.29, 0.717) is 18.8 Å². The van der Waals surface area contributed by atoms with Gasteiger partial charge in [-0.2, -0.15) is 0 Å². The minimum atomic E-state index is -0.716. The lowest BCUT2D eigenvalue weighted by Gasteiger charge is -2.28. The third kappa shape index (κ3) is 3.89. The molecule has 0 saturated carbocycles. The van der Waals surface area contributed by atoms with Crippen LogP contribution in [0, 0.1) is 20.2 Å². The van der Waals surface area contributed by atoms with Crippen LogP contribution in [0.1, 0.15) is 19.3 Å². The quantitative estimate of drug-likeness (QED) is 0.474. The van der Waals surface area contributed by atoms with Gasteiger partial charge < -0.3 is 15.0 Å². The molecule has 10 heteroatoms. The number of benzene rings is 1. The Morgan fingerprint density at radius 1 is 1.17 bits per heavy atom. The van der Waals surface area contributed by atoms with E-state index in [1.807, 2.05) is 4.90 Å². The van der Waals surface area contributed by atoms with Crippen LogP contribution in [0.4, 0.5) is 22.7 Å². The molecule has 1 saturated heterocycles. The number of ether oxygens (including phenoxy) is 1. The van der Waals surface area contributed by atoms with Crippen molar-refractivity contribution < 1.29 is 19.4 Å². The van der Waals surface area contributed by atoms with E-state index >= 15 is 0 Å². The Balaban J connectivity index is 2.45. The second kappa shape index (κ2) is 7.57. The molecule has 0 spiro atoms. The van der Waals surface area contributed by atoms with E-state index in [4.69, 9.17) is 0 Å². The molecule has 130 valence electrons. The lowest BCUT2D eigenvalue weighted by Crippen LogP contribution is -2.30. The van der Waals surface area contributed by atoms with Gasteiger partial charge in [0.2, 0.25) is 0 Å². The van der Waals surface area contributed by atoms with Gasteiger partial charge in [-0.15, -0.1) is 0 Å². The summed E-state index contributed by atoms with van der Waals surface area (Å²) in [5.74, 6) is -0.595. The Morgan fingerprint density at radius 3 is 2.33 bits per heavy atom. The molecule has 0 aliphatic carbocycles. The number of nitro groups is 2. The van der Waals surface area contributed by atoms with Crippen LogP contribution in [0.5, 0.6) is 0 Å². The molecule has 0 amide bonds. The average molecular weight is 338 g/mol. The molecule has 0 bridgehead atoms. The molecule has 0 atom stereocenters. The van der Waals surface area contributed by atoms with E-state index in [2.05, 4.69) is 10.1 Å². The Bertz CT molecular complexity index is 657. The molecule has 0 unspecified atom stereocenters. The molecule has 2 rings (SSSR count). The summed E-state index contributed by atoms with van der Waals surface area (Å²) in [6.07, 6.45) is 2.85. The van der Waals surface area contributed by atoms with Gasteiger partial charge in [0.25, 0.3) is 11.4 Å². The number of rotatable bonds is 6. The molecule has 1 N–H and O–H groups in total. The van der Waals surface area contributed by atoms with Gasteiger partial charge in [0.1, 0.15) is 17.9 Å². The summed E-state index contributed by atoms with van der Waals surface area (Å²) in [4.78, 5) is 34.3. The molecule has 10 nitrogen and oxygen atoms in total. The normalized spacial score (nSPS) is 14.1. The van der Waals surface area contributed by atoms with Gasteiger partial charge in [0.05, 0.1) is 23.0 Å². The number of esters is 1. The van der Waals surface area contributed by atoms with E-state index in [1.165, 1.54) is 13.2 Å². The zero-order chi connectivity index (χ0) is 17.7. The highest BCUT2D eigenvalue weighted by molar-refractivity contribution is 5.81. The zero-order valence-electron chi connectivity index (χ0n) is 13.2. The Morgan fingerprint density at radius 2 is 1.79 bits per heavy atom. The predicted molar refractivity (Wildman–Crippen MR) is 86.3 cm³/mol. The van der Waals surface area contributed by atoms with Gasteiger partial charge in [0.15, 0.2) is 0 Å². The largest absolute Gasteiger partial charge is 0.468 e. The summed E-state index contributed by atoms with van der Waals surface area (Å²) in [7, 11) is 1.20. The standard InChI is InChI=1S/C14H18N4O6/c1-24-14(19)9-15-10-7-12(16-5-3-2-4-6-16)13(18(22)23)8-11(10)17(20)21/h7-8,15H,2-6,9H2,1H3. The molecule has 1 aliphatic heterocycles. The van der Waals surface area contributed by atoms with Crippen molar-refractivity contribution in [3.8, 4) is 0 Å². The highest BCUT2D eigenvalue weighted by atomic mass is 16.6. The molecule has 1 fully saturated rings. The van der Waals surface area contributed by atoms with Crippen molar-refractivity contribution in [3.63, 3.8) is 0 Å². The predicted octanol–water partition coefficient (Wildman–Crippen LogP) is 2.08. The van der Waals surface area contributed by atoms with Crippen LogP contribution in [-0.2, 0) is 9.53 Å². The van der Waals surface area contributed by atoms with Crippen molar-refractivity contribution in [2.75, 3.05) is 37.0 Å². The van der Waals surface area contributed by atoms with E-state index in [-0.39, 0.29) is 17.9 Å². The van der Waals surface area contributed by atoms with Gasteiger partial charge in [-0.25, -0.2) is 0 Å². The first-order valence-electron chi connectivity index (χ1n) is 7.46. The number of piperidine rings is 1. The van der Waals surface area contributed by atoms with Crippen LogP contribution in [0.15, 0.2) is 12.1 Å². The lowest BCUT2D eigenvalue weighted by atomic mass is 10.1. The molecular formula is C14H18N4O6. The fraction of sp³-hybridized carbons (Fsp3) is 0.500. The maximum Gasteiger partial charge on any atom is 0.325 e. The Labute approximate surface area is 137 Å². The first-order valence-corrected chi connectivity index (χ1v) is 7.46. The Hall–Kier alpha value is -2.91. The number of anilines is 2. The van der Waals surface area contributed by atoms with Crippen LogP contribution >= 0.6 is 0 Å². The van der Waals surface area contributed by atoms with E-state index in [9.17, 15) is 25.0 Å². The first kappa shape index (κ1) is 17.4. The molecular weight excluding hydrogens is 320 g/mol. The topological polar surface area (TPSA) is 128 Å². The van der Waals surface area contributed by atoms with Crippen LogP contribution in [0.25, 0.3) is 0 Å². The molecule has 0 radical (unpaired) electrons. The Kier molecular flexibility index (Phi) is 5.51. The maximum absolute atomic E-state index is 11.3. The van der Waals surface area contributed by atoms with Gasteiger partial charge in [-0.1, -0.05) is 0 Å². The van der Waals surface area contributed by atoms with Crippen LogP contribution in [0.2, 0.25) is 0 Å². The van der Waals surface area contributed by atoms with Crippen molar-refractivity contribution in [2.45, 2.75) is 19.3 Å². The summed E-state index contributed by atoms with van der Waals surface area (Å²) in [5.41, 5.74) is -0.396. The summed E-state index contributed by atoms with van der Waals surface area (Å²) in [6.45, 7) is 1.03. The van der Waals surface area contributed by atoms with Crippen molar-refractivity contribution in [1.29, 1.82) is 0 Å². The van der Waals surface area contributed by atoms with Gasteiger partial charge in [-0.3, -0.25) is 25.0 Å². The van der Waals surface area contributed by atoms with Crippen molar-refractivity contribution >= 4 is 28.7 Å². The minimum Gasteiger partial charge on any atom is -0.468 e. The molecule has 1 aromatic rings. The fourth-order valence-electron chi connectivity index (χ4n) is 2.63. The van der Waals surface area contributed by atoms with Crippen molar-refractivity contribution in [3.05, 3.63) is 32.4 Å². The van der Waals surface area contributed by atoms with Crippen LogP contribution in [-0.4, -0.2) is 42.6 Å². The molecule has 24 heavy (non-hydrogen) atoms. The monoisotopic (exact) mass is 338 g/mol. The highest BCUT2D eigenvalue weighted by Crippen LogP contribution is 2.39. The van der Waals surface area contributed by atoms with E-state index in [1.54, 1.807) is 0 Å². The number of nitrogens with zero attached hydrogens (tertiary/aromatic N) is 3. The van der Waals surface area contributed by atoms with Gasteiger partial charge in [-0.05, 0) is 25.3 Å². The van der Waals surface area contributed by atoms with E-state index in [0.717, 1.165) is 25.3 Å². The fourth-order valence-corrected chi connectivity index (χ4v) is 2.63. The first-order chi connectivity index (χ1) is 11.4. The SMILES string of the molecule is COC(=O)CNc1cc(N2CCCCC2)c([N+](=O)[O-])cc1[N+](=O)[O-]. The maximum atomic E-state index is 11.3. The third-order valence-corrected chi connectivity index (χ3v) is 3.83. The smallest absolute Gasteiger partial charge is 0.325 e. The summed E-state index contributed by atoms with van der Waals surface area (Å²) < 4.78 is 4.49. The highest BCUT2D eigenvalue weighted by Gasteiger charge is 2.28. The number of nitro benzene ring substituents is 2. The van der Waals surface area contributed by atoms with Crippen LogP contribution < -0.4 is 10.2 Å². The minimum absolute atomic E-state index is 0.0524. The van der Waals surface area contributed by atoms with E-state index < -0.39 is 21.5 Å². The number of hydrogen-bond acceptors (Lipinski definition) is 8. The molecule has 0 aromatic heterocycles. The van der Waals surface area contributed by atoms with Crippen LogP contribution in [0.3, 0.4) is 0 Å². The van der Waals surface area contributed by atoms with Gasteiger partial charge >= 0.3 is 5.97 Å². The number of carbonyl (C=O) groups is 1. The summed E-state index contributed by atoms with van der Waals surface area (Å²) >= 11 is 0. The summed E-state index contributed by atoms with van der Waals surface area (Å²) in [6, 6.07) is 2.30. The molecule has 1 heterocycles. The average Bonchev–Trinajstić information content (AvgIpc) is 2.59. The van der Waals surface area contributed by atoms with Crippen molar-refractivity contribution in [2.24, 2.45) is 0 Å². The van der Waals surface area contributed by atoms with Crippen molar-refractivity contribution in [1.82, 2.24) is 0 Å². The summed E-state index contributed by atoms with van der Waals surface area (Å²) in [5, 5.41) is 25.2. The second-order valence-corrected chi connectivity index (χ2v) is 5.35. The number of methoxy groups -OCH3 is 1. The second-order valence-electron chi connectivity index (χ2n) is 5.35. The lowest BCUT2D eigenvalue weighted by molar-refractivity contribution is -0.393. The number of nitrogens with one attached hydrogen (secondary N) is 1. The zero-order valence-corrected chi connectivity index (χ0v) is 13.2. The third-order valence-electron chi connectivity index (χ3n) is 3.83. The molecule has 1 aliphatic rings. The number of carbonyl (C=O) groups excluding carboxylic acids is 1.